The average molecular weight is 181 g/mol. The number of pyridine rings is 1. The van der Waals surface area contributed by atoms with E-state index in [9.17, 15) is 5.11 Å². The molecule has 0 fully saturated rings. The minimum Gasteiger partial charge on any atom is -0.384 e. The number of likely N-dealkylation sites (N-methyl/N-ethyl adjacent to an activating group) is 1. The Hall–Kier alpha value is -1.13. The summed E-state index contributed by atoms with van der Waals surface area (Å²) in [6.07, 6.45) is 1.61. The zero-order chi connectivity index (χ0) is 9.90. The predicted octanol–water partition coefficient (Wildman–Crippen LogP) is 0.0907. The minimum atomic E-state index is -0.965. The molecule has 0 aromatic carbocycles. The van der Waals surface area contributed by atoms with Crippen molar-refractivity contribution >= 4 is 5.82 Å². The van der Waals surface area contributed by atoms with Crippen molar-refractivity contribution in [2.75, 3.05) is 19.3 Å². The first-order valence-corrected chi connectivity index (χ1v) is 4.16. The van der Waals surface area contributed by atoms with Crippen molar-refractivity contribution < 1.29 is 5.11 Å². The molecule has 0 saturated carbocycles. The third-order valence-electron chi connectivity index (χ3n) is 1.94. The van der Waals surface area contributed by atoms with Crippen molar-refractivity contribution in [1.29, 1.82) is 0 Å². The van der Waals surface area contributed by atoms with E-state index < -0.39 is 5.60 Å². The van der Waals surface area contributed by atoms with Crippen molar-refractivity contribution in [2.45, 2.75) is 12.5 Å². The van der Waals surface area contributed by atoms with E-state index in [1.54, 1.807) is 32.3 Å². The first kappa shape index (κ1) is 9.95. The van der Waals surface area contributed by atoms with Crippen LogP contribution < -0.4 is 11.1 Å². The van der Waals surface area contributed by atoms with Gasteiger partial charge < -0.3 is 16.2 Å². The Morgan fingerprint density at radius 1 is 1.69 bits per heavy atom. The van der Waals surface area contributed by atoms with Gasteiger partial charge in [0.1, 0.15) is 11.4 Å². The maximum Gasteiger partial charge on any atom is 0.129 e. The summed E-state index contributed by atoms with van der Waals surface area (Å²) >= 11 is 0. The summed E-state index contributed by atoms with van der Waals surface area (Å²) in [7, 11) is 1.78. The fourth-order valence-electron chi connectivity index (χ4n) is 1.31. The second kappa shape index (κ2) is 3.72. The highest BCUT2D eigenvalue weighted by Gasteiger charge is 2.24. The van der Waals surface area contributed by atoms with Gasteiger partial charge in [-0.25, -0.2) is 4.98 Å². The fourth-order valence-corrected chi connectivity index (χ4v) is 1.31. The van der Waals surface area contributed by atoms with Gasteiger partial charge in [-0.15, -0.1) is 0 Å². The number of nitrogens with two attached hydrogens (primary N) is 1. The quantitative estimate of drug-likeness (QED) is 0.618. The van der Waals surface area contributed by atoms with E-state index in [1.807, 2.05) is 0 Å². The lowest BCUT2D eigenvalue weighted by Crippen LogP contribution is -2.34. The molecule has 1 rings (SSSR count). The van der Waals surface area contributed by atoms with E-state index in [2.05, 4.69) is 10.3 Å². The molecule has 1 aromatic rings. The van der Waals surface area contributed by atoms with Crippen LogP contribution in [0.5, 0.6) is 0 Å². The van der Waals surface area contributed by atoms with Crippen molar-refractivity contribution in [3.8, 4) is 0 Å². The van der Waals surface area contributed by atoms with E-state index in [-0.39, 0.29) is 0 Å². The van der Waals surface area contributed by atoms with Crippen LogP contribution in [-0.2, 0) is 5.60 Å². The van der Waals surface area contributed by atoms with Crippen LogP contribution in [0.4, 0.5) is 5.82 Å². The molecule has 0 amide bonds. The predicted molar refractivity (Wildman–Crippen MR) is 52.1 cm³/mol. The largest absolute Gasteiger partial charge is 0.384 e. The average Bonchev–Trinajstić information content (AvgIpc) is 2.04. The zero-order valence-corrected chi connectivity index (χ0v) is 7.91. The van der Waals surface area contributed by atoms with Crippen LogP contribution in [-0.4, -0.2) is 23.7 Å². The number of aliphatic hydroxyl groups is 1. The van der Waals surface area contributed by atoms with Crippen LogP contribution in [0.15, 0.2) is 18.3 Å². The monoisotopic (exact) mass is 181 g/mol. The van der Waals surface area contributed by atoms with Gasteiger partial charge in [-0.1, -0.05) is 6.07 Å². The van der Waals surface area contributed by atoms with Gasteiger partial charge in [0.05, 0.1) is 0 Å². The van der Waals surface area contributed by atoms with Crippen LogP contribution in [0.25, 0.3) is 0 Å². The van der Waals surface area contributed by atoms with Gasteiger partial charge in [0.25, 0.3) is 0 Å². The standard InChI is InChI=1S/C9H15N3O/c1-9(13,6-11-2)7-4-3-5-12-8(7)10/h3-5,11,13H,6H2,1-2H3,(H2,10,12). The Balaban J connectivity index is 2.99. The molecule has 0 radical (unpaired) electrons. The topological polar surface area (TPSA) is 71.2 Å². The van der Waals surface area contributed by atoms with Gasteiger partial charge in [-0.2, -0.15) is 0 Å². The van der Waals surface area contributed by atoms with Crippen molar-refractivity contribution in [3.63, 3.8) is 0 Å². The molecule has 1 aromatic heterocycles. The van der Waals surface area contributed by atoms with E-state index in [0.717, 1.165) is 0 Å². The second-order valence-electron chi connectivity index (χ2n) is 3.24. The van der Waals surface area contributed by atoms with E-state index in [4.69, 9.17) is 5.73 Å². The molecule has 1 heterocycles. The number of anilines is 1. The molecule has 1 atom stereocenters. The van der Waals surface area contributed by atoms with E-state index in [1.165, 1.54) is 0 Å². The van der Waals surface area contributed by atoms with Crippen molar-refractivity contribution in [2.24, 2.45) is 0 Å². The van der Waals surface area contributed by atoms with Gasteiger partial charge in [-0.05, 0) is 20.0 Å². The summed E-state index contributed by atoms with van der Waals surface area (Å²) in [4.78, 5) is 3.92. The second-order valence-corrected chi connectivity index (χ2v) is 3.24. The number of nitrogens with zero attached hydrogens (tertiary/aromatic N) is 1. The van der Waals surface area contributed by atoms with Crippen LogP contribution in [0, 0.1) is 0 Å². The van der Waals surface area contributed by atoms with E-state index >= 15 is 0 Å². The summed E-state index contributed by atoms with van der Waals surface area (Å²) in [5, 5.41) is 12.9. The SMILES string of the molecule is CNCC(C)(O)c1cccnc1N. The molecule has 13 heavy (non-hydrogen) atoms. The van der Waals surface area contributed by atoms with Crippen LogP contribution >= 0.6 is 0 Å². The lowest BCUT2D eigenvalue weighted by molar-refractivity contribution is 0.0597. The first-order valence-electron chi connectivity index (χ1n) is 4.16. The maximum atomic E-state index is 9.98. The molecule has 0 saturated heterocycles. The third kappa shape index (κ3) is 2.17. The molecule has 4 nitrogen and oxygen atoms in total. The third-order valence-corrected chi connectivity index (χ3v) is 1.94. The van der Waals surface area contributed by atoms with E-state index in [0.29, 0.717) is 17.9 Å². The molecule has 0 aliphatic rings. The van der Waals surface area contributed by atoms with Gasteiger partial charge in [-0.3, -0.25) is 0 Å². The Morgan fingerprint density at radius 2 is 2.38 bits per heavy atom. The molecule has 0 aliphatic carbocycles. The van der Waals surface area contributed by atoms with Gasteiger partial charge in [0, 0.05) is 18.3 Å². The number of hydrogen-bond acceptors (Lipinski definition) is 4. The molecule has 0 aliphatic heterocycles. The van der Waals surface area contributed by atoms with Crippen LogP contribution in [0.2, 0.25) is 0 Å². The number of hydrogen-bond donors (Lipinski definition) is 3. The molecule has 0 bridgehead atoms. The van der Waals surface area contributed by atoms with Gasteiger partial charge in [0.15, 0.2) is 0 Å². The summed E-state index contributed by atoms with van der Waals surface area (Å²) in [6, 6.07) is 3.54. The van der Waals surface area contributed by atoms with Gasteiger partial charge >= 0.3 is 0 Å². The number of nitrogen functional groups attached to an aromatic ring is 1. The Morgan fingerprint density at radius 3 is 2.92 bits per heavy atom. The summed E-state index contributed by atoms with van der Waals surface area (Å²) in [5.41, 5.74) is 5.33. The number of aromatic nitrogens is 1. The van der Waals surface area contributed by atoms with Gasteiger partial charge in [0.2, 0.25) is 0 Å². The lowest BCUT2D eigenvalue weighted by atomic mass is 9.97. The van der Waals surface area contributed by atoms with Crippen molar-refractivity contribution in [3.05, 3.63) is 23.9 Å². The molecule has 4 N–H and O–H groups in total. The first-order chi connectivity index (χ1) is 6.08. The molecule has 1 unspecified atom stereocenters. The number of rotatable bonds is 3. The van der Waals surface area contributed by atoms with Crippen molar-refractivity contribution in [1.82, 2.24) is 10.3 Å². The highest BCUT2D eigenvalue weighted by Crippen LogP contribution is 2.23. The molecule has 0 spiro atoms. The number of nitrogens with one attached hydrogen (secondary N) is 1. The summed E-state index contributed by atoms with van der Waals surface area (Å²) < 4.78 is 0. The Bertz CT molecular complexity index is 286. The smallest absolute Gasteiger partial charge is 0.129 e. The summed E-state index contributed by atoms with van der Waals surface area (Å²) in [5.74, 6) is 0.378. The van der Waals surface area contributed by atoms with Crippen LogP contribution in [0.1, 0.15) is 12.5 Å². The summed E-state index contributed by atoms with van der Waals surface area (Å²) in [6.45, 7) is 2.15. The maximum absolute atomic E-state index is 9.98. The lowest BCUT2D eigenvalue weighted by Gasteiger charge is -2.24. The Labute approximate surface area is 77.8 Å². The van der Waals surface area contributed by atoms with Crippen LogP contribution in [0.3, 0.4) is 0 Å². The molecule has 4 heteroatoms. The fraction of sp³-hybridized carbons (Fsp3) is 0.444. The highest BCUT2D eigenvalue weighted by atomic mass is 16.3. The zero-order valence-electron chi connectivity index (χ0n) is 7.91. The highest BCUT2D eigenvalue weighted by molar-refractivity contribution is 5.42. The Kier molecular flexibility index (Phi) is 2.85. The molecular weight excluding hydrogens is 166 g/mol. The molecule has 72 valence electrons. The molecular formula is C9H15N3O. The minimum absolute atomic E-state index is 0.378. The normalized spacial score (nSPS) is 15.3.